The fourth-order valence-corrected chi connectivity index (χ4v) is 2.47. The molecule has 8 heteroatoms. The van der Waals surface area contributed by atoms with Crippen LogP contribution in [0.5, 0.6) is 5.75 Å². The molecule has 0 radical (unpaired) electrons. The van der Waals surface area contributed by atoms with Gasteiger partial charge in [-0.25, -0.2) is 0 Å². The van der Waals surface area contributed by atoms with E-state index in [-0.39, 0.29) is 5.69 Å². The molecule has 1 aromatic heterocycles. The maximum absolute atomic E-state index is 12.3. The molecule has 2 aromatic carbocycles. The minimum Gasteiger partial charge on any atom is -0.495 e. The van der Waals surface area contributed by atoms with Crippen molar-refractivity contribution in [2.24, 2.45) is 0 Å². The molecule has 0 fully saturated rings. The van der Waals surface area contributed by atoms with Crippen LogP contribution in [0.15, 0.2) is 54.6 Å². The lowest BCUT2D eigenvalue weighted by Gasteiger charge is -2.11. The molecule has 0 aliphatic rings. The van der Waals surface area contributed by atoms with Gasteiger partial charge in [0.05, 0.1) is 24.4 Å². The molecule has 1 heterocycles. The van der Waals surface area contributed by atoms with E-state index in [2.05, 4.69) is 20.8 Å². The highest BCUT2D eigenvalue weighted by Crippen LogP contribution is 2.29. The van der Waals surface area contributed by atoms with Crippen molar-refractivity contribution in [1.29, 1.82) is 5.26 Å². The van der Waals surface area contributed by atoms with Crippen LogP contribution in [0.2, 0.25) is 5.02 Å². The summed E-state index contributed by atoms with van der Waals surface area (Å²) >= 11 is 6.00. The van der Waals surface area contributed by atoms with E-state index < -0.39 is 5.91 Å². The summed E-state index contributed by atoms with van der Waals surface area (Å²) in [6.45, 7) is 0. The first kappa shape index (κ1) is 18.2. The van der Waals surface area contributed by atoms with E-state index in [1.54, 1.807) is 55.6 Å². The fraction of sp³-hybridized carbons (Fsp3) is 0.0526. The van der Waals surface area contributed by atoms with Gasteiger partial charge in [0.1, 0.15) is 5.75 Å². The maximum Gasteiger partial charge on any atom is 0.276 e. The van der Waals surface area contributed by atoms with Crippen molar-refractivity contribution in [2.45, 2.75) is 0 Å². The Labute approximate surface area is 160 Å². The second-order valence-corrected chi connectivity index (χ2v) is 5.86. The standard InChI is InChI=1S/C19H14ClN5O2/c1-27-17-7-5-13(20)10-16(17)23-18-8-6-15(24-25-18)19(26)22-14-4-2-3-12(9-14)11-21/h2-10H,1H3,(H,22,26)(H,23,25). The molecular weight excluding hydrogens is 366 g/mol. The average Bonchev–Trinajstić information content (AvgIpc) is 2.69. The van der Waals surface area contributed by atoms with Crippen molar-refractivity contribution in [3.8, 4) is 11.8 Å². The summed E-state index contributed by atoms with van der Waals surface area (Å²) in [6.07, 6.45) is 0. The minimum absolute atomic E-state index is 0.140. The van der Waals surface area contributed by atoms with E-state index in [1.165, 1.54) is 6.07 Å². The quantitative estimate of drug-likeness (QED) is 0.694. The fourth-order valence-electron chi connectivity index (χ4n) is 2.30. The molecule has 3 rings (SSSR count). The number of amides is 1. The van der Waals surface area contributed by atoms with Gasteiger partial charge in [0.25, 0.3) is 5.91 Å². The number of nitrogens with one attached hydrogen (secondary N) is 2. The molecule has 2 N–H and O–H groups in total. The largest absolute Gasteiger partial charge is 0.495 e. The number of carbonyl (C=O) groups excluding carboxylic acids is 1. The van der Waals surface area contributed by atoms with Crippen LogP contribution in [-0.2, 0) is 0 Å². The van der Waals surface area contributed by atoms with Crippen LogP contribution in [0.1, 0.15) is 16.1 Å². The number of hydrogen-bond donors (Lipinski definition) is 2. The van der Waals surface area contributed by atoms with Gasteiger partial charge in [0.2, 0.25) is 0 Å². The Morgan fingerprint density at radius 2 is 2.00 bits per heavy atom. The summed E-state index contributed by atoms with van der Waals surface area (Å²) in [5.41, 5.74) is 1.73. The van der Waals surface area contributed by atoms with Crippen molar-refractivity contribution in [3.63, 3.8) is 0 Å². The van der Waals surface area contributed by atoms with E-state index >= 15 is 0 Å². The van der Waals surface area contributed by atoms with Crippen molar-refractivity contribution in [1.82, 2.24) is 10.2 Å². The molecule has 3 aromatic rings. The van der Waals surface area contributed by atoms with E-state index in [0.29, 0.717) is 33.5 Å². The molecule has 0 atom stereocenters. The number of anilines is 3. The van der Waals surface area contributed by atoms with Crippen molar-refractivity contribution in [2.75, 3.05) is 17.7 Å². The molecule has 1 amide bonds. The number of hydrogen-bond acceptors (Lipinski definition) is 6. The Hall–Kier alpha value is -3.63. The van der Waals surface area contributed by atoms with Gasteiger partial charge in [0, 0.05) is 10.7 Å². The van der Waals surface area contributed by atoms with Gasteiger partial charge in [0.15, 0.2) is 11.5 Å². The molecular formula is C19H14ClN5O2. The first-order valence-electron chi connectivity index (χ1n) is 7.85. The Bertz CT molecular complexity index is 1020. The van der Waals surface area contributed by atoms with Gasteiger partial charge < -0.3 is 15.4 Å². The Morgan fingerprint density at radius 1 is 1.15 bits per heavy atom. The topological polar surface area (TPSA) is 99.9 Å². The highest BCUT2D eigenvalue weighted by molar-refractivity contribution is 6.31. The summed E-state index contributed by atoms with van der Waals surface area (Å²) in [6, 6.07) is 16.9. The third-order valence-corrected chi connectivity index (χ3v) is 3.81. The lowest BCUT2D eigenvalue weighted by atomic mass is 10.2. The van der Waals surface area contributed by atoms with E-state index in [9.17, 15) is 4.79 Å². The molecule has 7 nitrogen and oxygen atoms in total. The van der Waals surface area contributed by atoms with E-state index in [1.807, 2.05) is 6.07 Å². The molecule has 0 saturated heterocycles. The molecule has 0 unspecified atom stereocenters. The van der Waals surface area contributed by atoms with Crippen molar-refractivity contribution < 1.29 is 9.53 Å². The van der Waals surface area contributed by atoms with Crippen LogP contribution in [0.4, 0.5) is 17.2 Å². The lowest BCUT2D eigenvalue weighted by Crippen LogP contribution is -2.14. The summed E-state index contributed by atoms with van der Waals surface area (Å²) in [7, 11) is 1.55. The predicted molar refractivity (Wildman–Crippen MR) is 102 cm³/mol. The van der Waals surface area contributed by atoms with Crippen molar-refractivity contribution in [3.05, 3.63) is 70.9 Å². The van der Waals surface area contributed by atoms with E-state index in [4.69, 9.17) is 21.6 Å². The second-order valence-electron chi connectivity index (χ2n) is 5.42. The maximum atomic E-state index is 12.3. The van der Waals surface area contributed by atoms with Crippen molar-refractivity contribution >= 4 is 34.7 Å². The van der Waals surface area contributed by atoms with Crippen LogP contribution >= 0.6 is 11.6 Å². The zero-order valence-electron chi connectivity index (χ0n) is 14.2. The first-order valence-corrected chi connectivity index (χ1v) is 8.22. The van der Waals surface area contributed by atoms with Gasteiger partial charge in [-0.05, 0) is 48.5 Å². The summed E-state index contributed by atoms with van der Waals surface area (Å²) in [5, 5.41) is 23.1. The van der Waals surface area contributed by atoms with Gasteiger partial charge in [-0.2, -0.15) is 5.26 Å². The zero-order valence-corrected chi connectivity index (χ0v) is 15.0. The number of aromatic nitrogens is 2. The molecule has 0 aliphatic heterocycles. The van der Waals surface area contributed by atoms with Gasteiger partial charge in [-0.1, -0.05) is 17.7 Å². The lowest BCUT2D eigenvalue weighted by molar-refractivity contribution is 0.102. The molecule has 134 valence electrons. The zero-order chi connectivity index (χ0) is 19.2. The Morgan fingerprint density at radius 3 is 2.70 bits per heavy atom. The first-order chi connectivity index (χ1) is 13.1. The average molecular weight is 380 g/mol. The third-order valence-electron chi connectivity index (χ3n) is 3.57. The van der Waals surface area contributed by atoms with Crippen LogP contribution in [0, 0.1) is 11.3 Å². The SMILES string of the molecule is COc1ccc(Cl)cc1Nc1ccc(C(=O)Nc2cccc(C#N)c2)nn1. The summed E-state index contributed by atoms with van der Waals surface area (Å²) < 4.78 is 5.26. The number of ether oxygens (including phenoxy) is 1. The molecule has 27 heavy (non-hydrogen) atoms. The molecule has 0 saturated carbocycles. The Kier molecular flexibility index (Phi) is 5.50. The van der Waals surface area contributed by atoms with Crippen LogP contribution in [-0.4, -0.2) is 23.2 Å². The number of carbonyl (C=O) groups is 1. The summed E-state index contributed by atoms with van der Waals surface area (Å²) in [4.78, 5) is 12.3. The van der Waals surface area contributed by atoms with E-state index in [0.717, 1.165) is 0 Å². The highest BCUT2D eigenvalue weighted by atomic mass is 35.5. The number of halogens is 1. The molecule has 0 aliphatic carbocycles. The molecule has 0 spiro atoms. The number of nitriles is 1. The van der Waals surface area contributed by atoms with Gasteiger partial charge in [-0.15, -0.1) is 10.2 Å². The van der Waals surface area contributed by atoms with Gasteiger partial charge in [-0.3, -0.25) is 4.79 Å². The smallest absolute Gasteiger partial charge is 0.276 e. The minimum atomic E-state index is -0.426. The predicted octanol–water partition coefficient (Wildman–Crippen LogP) is 4.01. The molecule has 0 bridgehead atoms. The number of rotatable bonds is 5. The normalized spacial score (nSPS) is 9.96. The third kappa shape index (κ3) is 4.51. The number of methoxy groups -OCH3 is 1. The number of benzene rings is 2. The van der Waals surface area contributed by atoms with Crippen LogP contribution < -0.4 is 15.4 Å². The highest BCUT2D eigenvalue weighted by Gasteiger charge is 2.10. The monoisotopic (exact) mass is 379 g/mol. The second kappa shape index (κ2) is 8.17. The summed E-state index contributed by atoms with van der Waals surface area (Å²) in [5.74, 6) is 0.600. The Balaban J connectivity index is 1.72. The number of nitrogens with zero attached hydrogens (tertiary/aromatic N) is 3. The van der Waals surface area contributed by atoms with Crippen LogP contribution in [0.3, 0.4) is 0 Å². The van der Waals surface area contributed by atoms with Gasteiger partial charge >= 0.3 is 0 Å². The van der Waals surface area contributed by atoms with Crippen LogP contribution in [0.25, 0.3) is 0 Å².